The molecule has 0 bridgehead atoms. The van der Waals surface area contributed by atoms with E-state index in [-0.39, 0.29) is 10.5 Å². The van der Waals surface area contributed by atoms with Gasteiger partial charge in [0, 0.05) is 24.3 Å². The first-order valence-electron chi connectivity index (χ1n) is 8.95. The number of aryl methyl sites for hydroxylation is 1. The summed E-state index contributed by atoms with van der Waals surface area (Å²) in [6, 6.07) is 10.3. The largest absolute Gasteiger partial charge is 0.322 e. The normalized spacial score (nSPS) is 18.3. The highest BCUT2D eigenvalue weighted by molar-refractivity contribution is 7.89. The number of halogens is 1. The van der Waals surface area contributed by atoms with Crippen LogP contribution in [0.2, 0.25) is 0 Å². The molecule has 1 atom stereocenters. The molecule has 1 heterocycles. The number of carbonyl (C=O) groups excluding carboxylic acids is 1. The first kappa shape index (κ1) is 19.5. The maximum Gasteiger partial charge on any atom is 0.255 e. The molecular weight excluding hydrogens is 367 g/mol. The van der Waals surface area contributed by atoms with Gasteiger partial charge in [0.2, 0.25) is 10.0 Å². The van der Waals surface area contributed by atoms with Crippen LogP contribution in [-0.2, 0) is 10.0 Å². The van der Waals surface area contributed by atoms with Gasteiger partial charge in [0.25, 0.3) is 5.91 Å². The number of benzene rings is 2. The lowest BCUT2D eigenvalue weighted by atomic mass is 10.0. The highest BCUT2D eigenvalue weighted by Gasteiger charge is 2.28. The van der Waals surface area contributed by atoms with Crippen LogP contribution >= 0.6 is 0 Å². The first-order chi connectivity index (χ1) is 12.8. The fourth-order valence-electron chi connectivity index (χ4n) is 3.16. The highest BCUT2D eigenvalue weighted by Crippen LogP contribution is 2.24. The predicted octanol–water partition coefficient (Wildman–Crippen LogP) is 3.81. The minimum atomic E-state index is -3.53. The van der Waals surface area contributed by atoms with E-state index in [9.17, 15) is 17.6 Å². The number of piperidine rings is 1. The molecule has 5 nitrogen and oxygen atoms in total. The van der Waals surface area contributed by atoms with Crippen molar-refractivity contribution in [3.63, 3.8) is 0 Å². The van der Waals surface area contributed by atoms with Crippen LogP contribution in [0.4, 0.5) is 10.1 Å². The van der Waals surface area contributed by atoms with Gasteiger partial charge in [-0.1, -0.05) is 13.0 Å². The van der Waals surface area contributed by atoms with Gasteiger partial charge in [0.05, 0.1) is 4.90 Å². The van der Waals surface area contributed by atoms with Gasteiger partial charge in [0.15, 0.2) is 0 Å². The topological polar surface area (TPSA) is 66.5 Å². The number of hydrogen-bond donors (Lipinski definition) is 1. The molecule has 0 saturated carbocycles. The van der Waals surface area contributed by atoms with Crippen molar-refractivity contribution in [2.75, 3.05) is 18.4 Å². The third kappa shape index (κ3) is 4.36. The SMILES string of the molecule is Cc1ccc(C(=O)Nc2ccc(S(=O)(=O)N3CCCC(C)C3)cc2)cc1F. The standard InChI is InChI=1S/C20H23FN2O3S/c1-14-4-3-11-23(13-14)27(25,26)18-9-7-17(8-10-18)22-20(24)16-6-5-15(2)19(21)12-16/h5-10,12,14H,3-4,11,13H2,1-2H3,(H,22,24). The summed E-state index contributed by atoms with van der Waals surface area (Å²) in [7, 11) is -3.53. The van der Waals surface area contributed by atoms with Crippen molar-refractivity contribution in [3.8, 4) is 0 Å². The van der Waals surface area contributed by atoms with E-state index in [2.05, 4.69) is 5.32 Å². The maximum absolute atomic E-state index is 13.6. The number of carbonyl (C=O) groups is 1. The molecule has 2 aromatic rings. The third-order valence-electron chi connectivity index (χ3n) is 4.80. The van der Waals surface area contributed by atoms with Gasteiger partial charge in [-0.3, -0.25) is 4.79 Å². The molecule has 3 rings (SSSR count). The van der Waals surface area contributed by atoms with E-state index in [1.54, 1.807) is 31.2 Å². The summed E-state index contributed by atoms with van der Waals surface area (Å²) in [5.41, 5.74) is 1.12. The van der Waals surface area contributed by atoms with E-state index in [1.807, 2.05) is 6.92 Å². The Bertz CT molecular complexity index is 942. The van der Waals surface area contributed by atoms with Crippen LogP contribution in [-0.4, -0.2) is 31.7 Å². The second-order valence-corrected chi connectivity index (χ2v) is 8.99. The lowest BCUT2D eigenvalue weighted by molar-refractivity contribution is 0.102. The summed E-state index contributed by atoms with van der Waals surface area (Å²) in [5, 5.41) is 2.66. The van der Waals surface area contributed by atoms with Gasteiger partial charge in [-0.25, -0.2) is 12.8 Å². The number of rotatable bonds is 4. The number of amides is 1. The molecule has 1 unspecified atom stereocenters. The Balaban J connectivity index is 1.73. The zero-order chi connectivity index (χ0) is 19.6. The molecule has 1 saturated heterocycles. The Morgan fingerprint density at radius 2 is 1.89 bits per heavy atom. The van der Waals surface area contributed by atoms with Crippen LogP contribution in [0, 0.1) is 18.7 Å². The second-order valence-electron chi connectivity index (χ2n) is 7.05. The monoisotopic (exact) mass is 390 g/mol. The van der Waals surface area contributed by atoms with Crippen LogP contribution in [0.15, 0.2) is 47.4 Å². The third-order valence-corrected chi connectivity index (χ3v) is 6.68. The number of sulfonamides is 1. The molecule has 0 spiro atoms. The van der Waals surface area contributed by atoms with Crippen LogP contribution in [0.3, 0.4) is 0 Å². The smallest absolute Gasteiger partial charge is 0.255 e. The Labute approximate surface area is 159 Å². The molecule has 1 aliphatic rings. The van der Waals surface area contributed by atoms with Gasteiger partial charge in [-0.15, -0.1) is 0 Å². The van der Waals surface area contributed by atoms with E-state index >= 15 is 0 Å². The summed E-state index contributed by atoms with van der Waals surface area (Å²) < 4.78 is 40.6. The average Bonchev–Trinajstić information content (AvgIpc) is 2.64. The molecular formula is C20H23FN2O3S. The zero-order valence-electron chi connectivity index (χ0n) is 15.4. The molecule has 1 amide bonds. The van der Waals surface area contributed by atoms with Gasteiger partial charge < -0.3 is 5.32 Å². The fraction of sp³-hybridized carbons (Fsp3) is 0.350. The number of nitrogens with zero attached hydrogens (tertiary/aromatic N) is 1. The summed E-state index contributed by atoms with van der Waals surface area (Å²) in [4.78, 5) is 12.4. The van der Waals surface area contributed by atoms with Crippen molar-refractivity contribution < 1.29 is 17.6 Å². The predicted molar refractivity (Wildman–Crippen MR) is 103 cm³/mol. The van der Waals surface area contributed by atoms with Gasteiger partial charge in [-0.05, 0) is 67.6 Å². The molecule has 7 heteroatoms. The van der Waals surface area contributed by atoms with Gasteiger partial charge in [0.1, 0.15) is 5.82 Å². The van der Waals surface area contributed by atoms with Crippen molar-refractivity contribution in [1.82, 2.24) is 4.31 Å². The molecule has 2 aromatic carbocycles. The van der Waals surface area contributed by atoms with E-state index < -0.39 is 21.7 Å². The van der Waals surface area contributed by atoms with Crippen LogP contribution in [0.5, 0.6) is 0 Å². The Kier molecular flexibility index (Phi) is 5.62. The molecule has 1 fully saturated rings. The van der Waals surface area contributed by atoms with Crippen molar-refractivity contribution in [1.29, 1.82) is 0 Å². The lowest BCUT2D eigenvalue weighted by Gasteiger charge is -2.30. The molecule has 0 aromatic heterocycles. The first-order valence-corrected chi connectivity index (χ1v) is 10.4. The summed E-state index contributed by atoms with van der Waals surface area (Å²) in [6.07, 6.45) is 1.90. The average molecular weight is 390 g/mol. The Hall–Kier alpha value is -2.25. The van der Waals surface area contributed by atoms with E-state index in [4.69, 9.17) is 0 Å². The van der Waals surface area contributed by atoms with Crippen LogP contribution in [0.25, 0.3) is 0 Å². The van der Waals surface area contributed by atoms with Crippen molar-refractivity contribution in [2.45, 2.75) is 31.6 Å². The minimum Gasteiger partial charge on any atom is -0.322 e. The van der Waals surface area contributed by atoms with Crippen molar-refractivity contribution in [3.05, 3.63) is 59.4 Å². The quantitative estimate of drug-likeness (QED) is 0.863. The van der Waals surface area contributed by atoms with E-state index in [0.717, 1.165) is 12.8 Å². The van der Waals surface area contributed by atoms with Gasteiger partial charge in [-0.2, -0.15) is 4.31 Å². The molecule has 1 N–H and O–H groups in total. The molecule has 0 radical (unpaired) electrons. The fourth-order valence-corrected chi connectivity index (χ4v) is 4.76. The molecule has 0 aliphatic carbocycles. The molecule has 27 heavy (non-hydrogen) atoms. The van der Waals surface area contributed by atoms with Crippen LogP contribution in [0.1, 0.15) is 35.7 Å². The Morgan fingerprint density at radius 3 is 2.52 bits per heavy atom. The lowest BCUT2D eigenvalue weighted by Crippen LogP contribution is -2.39. The Morgan fingerprint density at radius 1 is 1.19 bits per heavy atom. The summed E-state index contributed by atoms with van der Waals surface area (Å²) in [5.74, 6) is -0.545. The number of hydrogen-bond acceptors (Lipinski definition) is 3. The zero-order valence-corrected chi connectivity index (χ0v) is 16.2. The molecule has 144 valence electrons. The second kappa shape index (κ2) is 7.78. The van der Waals surface area contributed by atoms with Crippen molar-refractivity contribution in [2.24, 2.45) is 5.92 Å². The maximum atomic E-state index is 13.6. The summed E-state index contributed by atoms with van der Waals surface area (Å²) in [6.45, 7) is 4.73. The number of nitrogens with one attached hydrogen (secondary N) is 1. The van der Waals surface area contributed by atoms with Crippen molar-refractivity contribution >= 4 is 21.6 Å². The highest BCUT2D eigenvalue weighted by atomic mass is 32.2. The number of anilines is 1. The van der Waals surface area contributed by atoms with Crippen LogP contribution < -0.4 is 5.32 Å². The molecule has 1 aliphatic heterocycles. The van der Waals surface area contributed by atoms with Gasteiger partial charge >= 0.3 is 0 Å². The summed E-state index contributed by atoms with van der Waals surface area (Å²) >= 11 is 0. The minimum absolute atomic E-state index is 0.205. The van der Waals surface area contributed by atoms with E-state index in [1.165, 1.54) is 22.5 Å². The van der Waals surface area contributed by atoms with E-state index in [0.29, 0.717) is 30.3 Å².